The Labute approximate surface area is 167 Å². The van der Waals surface area contributed by atoms with Gasteiger partial charge in [0, 0.05) is 18.7 Å². The number of benzene rings is 1. The van der Waals surface area contributed by atoms with Gasteiger partial charge in [0.2, 0.25) is 5.91 Å². The monoisotopic (exact) mass is 406 g/mol. The van der Waals surface area contributed by atoms with Gasteiger partial charge in [-0.05, 0) is 37.5 Å². The van der Waals surface area contributed by atoms with E-state index in [-0.39, 0.29) is 35.8 Å². The molecule has 1 aromatic heterocycles. The summed E-state index contributed by atoms with van der Waals surface area (Å²) in [5.74, 6) is -0.528. The van der Waals surface area contributed by atoms with Crippen molar-refractivity contribution < 1.29 is 27.5 Å². The normalized spacial score (nSPS) is 17.8. The zero-order chi connectivity index (χ0) is 20.8. The summed E-state index contributed by atoms with van der Waals surface area (Å²) in [6.07, 6.45) is 3.30. The number of halogens is 2. The van der Waals surface area contributed by atoms with Crippen LogP contribution in [-0.4, -0.2) is 36.4 Å². The van der Waals surface area contributed by atoms with Crippen LogP contribution in [0.1, 0.15) is 48.3 Å². The van der Waals surface area contributed by atoms with E-state index < -0.39 is 12.7 Å². The van der Waals surface area contributed by atoms with Gasteiger partial charge in [-0.2, -0.15) is 8.78 Å². The number of nitrogens with zero attached hydrogens (tertiary/aromatic N) is 1. The summed E-state index contributed by atoms with van der Waals surface area (Å²) < 4.78 is 35.2. The van der Waals surface area contributed by atoms with Gasteiger partial charge in [-0.25, -0.2) is 0 Å². The minimum Gasteiger partial charge on any atom is -0.459 e. The van der Waals surface area contributed by atoms with Crippen molar-refractivity contribution in [3.63, 3.8) is 0 Å². The van der Waals surface area contributed by atoms with Crippen molar-refractivity contribution >= 4 is 11.8 Å². The molecule has 2 aromatic rings. The summed E-state index contributed by atoms with van der Waals surface area (Å²) in [7, 11) is 0. The predicted octanol–water partition coefficient (Wildman–Crippen LogP) is 4.00. The molecule has 1 aromatic carbocycles. The molecule has 0 radical (unpaired) electrons. The summed E-state index contributed by atoms with van der Waals surface area (Å²) in [5, 5.41) is 2.94. The first-order valence-electron chi connectivity index (χ1n) is 9.66. The van der Waals surface area contributed by atoms with E-state index in [9.17, 15) is 18.4 Å². The van der Waals surface area contributed by atoms with Crippen LogP contribution >= 0.6 is 0 Å². The van der Waals surface area contributed by atoms with E-state index in [1.165, 1.54) is 12.3 Å². The number of para-hydroxylation sites is 1. The summed E-state index contributed by atoms with van der Waals surface area (Å²) in [4.78, 5) is 27.0. The minimum atomic E-state index is -2.94. The average Bonchev–Trinajstić information content (AvgIpc) is 3.26. The molecule has 1 aliphatic heterocycles. The molecule has 1 aliphatic rings. The third kappa shape index (κ3) is 5.13. The fourth-order valence-corrected chi connectivity index (χ4v) is 3.59. The van der Waals surface area contributed by atoms with Crippen molar-refractivity contribution in [1.82, 2.24) is 10.2 Å². The number of ether oxygens (including phenoxy) is 1. The van der Waals surface area contributed by atoms with Crippen molar-refractivity contribution in [2.24, 2.45) is 5.92 Å². The summed E-state index contributed by atoms with van der Waals surface area (Å²) >= 11 is 0. The Morgan fingerprint density at radius 1 is 1.28 bits per heavy atom. The molecule has 0 spiro atoms. The third-order valence-electron chi connectivity index (χ3n) is 5.05. The number of carbonyl (C=O) groups excluding carboxylic acids is 2. The van der Waals surface area contributed by atoms with Gasteiger partial charge in [-0.3, -0.25) is 9.59 Å². The minimum absolute atomic E-state index is 0.0490. The lowest BCUT2D eigenvalue weighted by Gasteiger charge is -2.32. The molecule has 2 heterocycles. The van der Waals surface area contributed by atoms with Gasteiger partial charge in [-0.1, -0.05) is 25.1 Å². The maximum Gasteiger partial charge on any atom is 0.387 e. The molecule has 2 unspecified atom stereocenters. The van der Waals surface area contributed by atoms with Crippen LogP contribution in [-0.2, 0) is 4.79 Å². The molecule has 0 aliphatic carbocycles. The Morgan fingerprint density at radius 3 is 2.76 bits per heavy atom. The van der Waals surface area contributed by atoms with Crippen LogP contribution < -0.4 is 10.1 Å². The molecule has 2 amide bonds. The molecule has 3 rings (SSSR count). The molecule has 6 nitrogen and oxygen atoms in total. The third-order valence-corrected chi connectivity index (χ3v) is 5.05. The van der Waals surface area contributed by atoms with Crippen LogP contribution in [0, 0.1) is 5.92 Å². The first kappa shape index (κ1) is 20.8. The quantitative estimate of drug-likeness (QED) is 0.754. The van der Waals surface area contributed by atoms with E-state index >= 15 is 0 Å². The van der Waals surface area contributed by atoms with Crippen molar-refractivity contribution in [2.45, 2.75) is 38.8 Å². The molecule has 0 bridgehead atoms. The zero-order valence-electron chi connectivity index (χ0n) is 16.1. The van der Waals surface area contributed by atoms with Gasteiger partial charge in [-0.15, -0.1) is 0 Å². The highest BCUT2D eigenvalue weighted by Crippen LogP contribution is 2.29. The average molecular weight is 406 g/mol. The lowest BCUT2D eigenvalue weighted by Crippen LogP contribution is -2.46. The number of alkyl halides is 2. The first-order valence-corrected chi connectivity index (χ1v) is 9.66. The fourth-order valence-electron chi connectivity index (χ4n) is 3.59. The molecular weight excluding hydrogens is 382 g/mol. The molecule has 29 heavy (non-hydrogen) atoms. The number of carbonyl (C=O) groups is 2. The molecule has 156 valence electrons. The number of hydrogen-bond donors (Lipinski definition) is 1. The Kier molecular flexibility index (Phi) is 6.85. The summed E-state index contributed by atoms with van der Waals surface area (Å²) in [6, 6.07) is 9.22. The van der Waals surface area contributed by atoms with E-state index in [0.717, 1.165) is 0 Å². The largest absolute Gasteiger partial charge is 0.459 e. The number of nitrogens with one attached hydrogen (secondary N) is 1. The lowest BCUT2D eigenvalue weighted by atomic mass is 9.95. The van der Waals surface area contributed by atoms with Crippen LogP contribution in [0.4, 0.5) is 8.78 Å². The molecule has 1 fully saturated rings. The van der Waals surface area contributed by atoms with Gasteiger partial charge in [0.05, 0.1) is 18.2 Å². The topological polar surface area (TPSA) is 71.8 Å². The van der Waals surface area contributed by atoms with Gasteiger partial charge >= 0.3 is 6.61 Å². The van der Waals surface area contributed by atoms with Crippen molar-refractivity contribution in [1.29, 1.82) is 0 Å². The second kappa shape index (κ2) is 9.54. The van der Waals surface area contributed by atoms with Crippen molar-refractivity contribution in [3.05, 3.63) is 54.0 Å². The van der Waals surface area contributed by atoms with E-state index in [4.69, 9.17) is 4.42 Å². The van der Waals surface area contributed by atoms with Crippen LogP contribution in [0.2, 0.25) is 0 Å². The van der Waals surface area contributed by atoms with Crippen LogP contribution in [0.15, 0.2) is 47.1 Å². The van der Waals surface area contributed by atoms with Crippen LogP contribution in [0.25, 0.3) is 0 Å². The number of likely N-dealkylation sites (tertiary alicyclic amines) is 1. The SMILES string of the molecule is CCC(NC(=O)C1CCCN(C(=O)c2ccco2)C1)c1ccccc1OC(F)F. The predicted molar refractivity (Wildman–Crippen MR) is 102 cm³/mol. The summed E-state index contributed by atoms with van der Waals surface area (Å²) in [5.41, 5.74) is 0.503. The van der Waals surface area contributed by atoms with Crippen molar-refractivity contribution in [3.8, 4) is 5.75 Å². The summed E-state index contributed by atoms with van der Waals surface area (Å²) in [6.45, 7) is -0.232. The van der Waals surface area contributed by atoms with Gasteiger partial charge in [0.1, 0.15) is 5.75 Å². The smallest absolute Gasteiger partial charge is 0.387 e. The van der Waals surface area contributed by atoms with Gasteiger partial charge < -0.3 is 19.4 Å². The van der Waals surface area contributed by atoms with E-state index in [1.807, 2.05) is 6.92 Å². The van der Waals surface area contributed by atoms with E-state index in [2.05, 4.69) is 10.1 Å². The van der Waals surface area contributed by atoms with Crippen LogP contribution in [0.5, 0.6) is 5.75 Å². The fraction of sp³-hybridized carbons (Fsp3) is 0.429. The molecular formula is C21H24F2N2O4. The Balaban J connectivity index is 1.67. The maximum atomic E-state index is 12.9. The Hall–Kier alpha value is -2.90. The lowest BCUT2D eigenvalue weighted by molar-refractivity contribution is -0.127. The molecule has 0 saturated carbocycles. The molecule has 8 heteroatoms. The maximum absolute atomic E-state index is 12.9. The number of furan rings is 1. The highest BCUT2D eigenvalue weighted by molar-refractivity contribution is 5.92. The number of amides is 2. The standard InChI is InChI=1S/C21H24F2N2O4/c1-2-16(15-8-3-4-9-17(15)29-21(22)23)24-19(26)14-7-5-11-25(13-14)20(27)18-10-6-12-28-18/h3-4,6,8-10,12,14,16,21H,2,5,7,11,13H2,1H3,(H,24,26). The molecule has 2 atom stereocenters. The first-order chi connectivity index (χ1) is 14.0. The van der Waals surface area contributed by atoms with Crippen LogP contribution in [0.3, 0.4) is 0 Å². The van der Waals surface area contributed by atoms with Gasteiger partial charge in [0.15, 0.2) is 5.76 Å². The second-order valence-corrected chi connectivity index (χ2v) is 6.95. The Morgan fingerprint density at radius 2 is 2.07 bits per heavy atom. The van der Waals surface area contributed by atoms with Crippen molar-refractivity contribution in [2.75, 3.05) is 13.1 Å². The number of rotatable bonds is 7. The number of hydrogen-bond acceptors (Lipinski definition) is 4. The second-order valence-electron chi connectivity index (χ2n) is 6.95. The van der Waals surface area contributed by atoms with Gasteiger partial charge in [0.25, 0.3) is 5.91 Å². The zero-order valence-corrected chi connectivity index (χ0v) is 16.1. The van der Waals surface area contributed by atoms with E-state index in [0.29, 0.717) is 31.4 Å². The molecule has 1 N–H and O–H groups in total. The highest BCUT2D eigenvalue weighted by Gasteiger charge is 2.31. The molecule has 1 saturated heterocycles. The highest BCUT2D eigenvalue weighted by atomic mass is 19.3. The van der Waals surface area contributed by atoms with E-state index in [1.54, 1.807) is 35.2 Å². The number of piperidine rings is 1. The Bertz CT molecular complexity index is 826.